The summed E-state index contributed by atoms with van der Waals surface area (Å²) < 4.78 is 5.59. The summed E-state index contributed by atoms with van der Waals surface area (Å²) in [4.78, 5) is 17.1. The number of carbonyl (C=O) groups excluding carboxylic acids is 1. The van der Waals surface area contributed by atoms with Gasteiger partial charge in [0.1, 0.15) is 6.10 Å². The molecule has 1 N–H and O–H groups in total. The zero-order valence-electron chi connectivity index (χ0n) is 12.4. The van der Waals surface area contributed by atoms with Crippen molar-refractivity contribution in [3.8, 4) is 0 Å². The van der Waals surface area contributed by atoms with Gasteiger partial charge in [-0.15, -0.1) is 0 Å². The maximum Gasteiger partial charge on any atom is 0.253 e. The largest absolute Gasteiger partial charge is 0.366 e. The number of hydrogen-bond donors (Lipinski definition) is 1. The molecule has 1 aliphatic carbocycles. The molecule has 1 amide bonds. The minimum atomic E-state index is -0.262. The van der Waals surface area contributed by atoms with Gasteiger partial charge in [0.15, 0.2) is 0 Å². The number of amides is 1. The van der Waals surface area contributed by atoms with E-state index < -0.39 is 0 Å². The lowest BCUT2D eigenvalue weighted by Gasteiger charge is -2.30. The molecule has 20 heavy (non-hydrogen) atoms. The number of rotatable bonds is 2. The Hall–Kier alpha value is -0.650. The molecule has 0 radical (unpaired) electrons. The number of ether oxygens (including phenoxy) is 1. The van der Waals surface area contributed by atoms with Gasteiger partial charge in [-0.3, -0.25) is 9.69 Å². The van der Waals surface area contributed by atoms with Gasteiger partial charge in [0.25, 0.3) is 5.91 Å². The Morgan fingerprint density at radius 1 is 1.05 bits per heavy atom. The SMILES string of the molecule is O=C([C@H]1CNCCO1)N1CCCN(C2CCCC2)CC1. The van der Waals surface area contributed by atoms with Gasteiger partial charge in [-0.05, 0) is 19.3 Å². The Morgan fingerprint density at radius 2 is 1.90 bits per heavy atom. The third-order valence-corrected chi connectivity index (χ3v) is 4.89. The van der Waals surface area contributed by atoms with E-state index in [9.17, 15) is 4.79 Å². The van der Waals surface area contributed by atoms with E-state index in [4.69, 9.17) is 4.74 Å². The van der Waals surface area contributed by atoms with Gasteiger partial charge >= 0.3 is 0 Å². The Labute approximate surface area is 121 Å². The van der Waals surface area contributed by atoms with Gasteiger partial charge in [-0.2, -0.15) is 0 Å². The maximum absolute atomic E-state index is 12.5. The molecular formula is C15H27N3O2. The van der Waals surface area contributed by atoms with Crippen LogP contribution in [0.5, 0.6) is 0 Å². The molecule has 0 aromatic carbocycles. The van der Waals surface area contributed by atoms with Gasteiger partial charge in [-0.1, -0.05) is 12.8 Å². The van der Waals surface area contributed by atoms with Crippen molar-refractivity contribution in [1.82, 2.24) is 15.1 Å². The van der Waals surface area contributed by atoms with E-state index in [-0.39, 0.29) is 12.0 Å². The minimum Gasteiger partial charge on any atom is -0.366 e. The maximum atomic E-state index is 12.5. The molecule has 5 heteroatoms. The van der Waals surface area contributed by atoms with Gasteiger partial charge < -0.3 is 15.0 Å². The molecule has 2 aliphatic heterocycles. The number of hydrogen-bond acceptors (Lipinski definition) is 4. The third-order valence-electron chi connectivity index (χ3n) is 4.89. The number of carbonyl (C=O) groups is 1. The first-order valence-corrected chi connectivity index (χ1v) is 8.20. The van der Waals surface area contributed by atoms with Gasteiger partial charge in [-0.25, -0.2) is 0 Å². The lowest BCUT2D eigenvalue weighted by molar-refractivity contribution is -0.145. The topological polar surface area (TPSA) is 44.8 Å². The van der Waals surface area contributed by atoms with Crippen molar-refractivity contribution in [2.24, 2.45) is 0 Å². The monoisotopic (exact) mass is 281 g/mol. The van der Waals surface area contributed by atoms with Gasteiger partial charge in [0.2, 0.25) is 0 Å². The van der Waals surface area contributed by atoms with Gasteiger partial charge in [0.05, 0.1) is 6.61 Å². The Morgan fingerprint density at radius 3 is 2.65 bits per heavy atom. The van der Waals surface area contributed by atoms with Crippen molar-refractivity contribution in [3.63, 3.8) is 0 Å². The van der Waals surface area contributed by atoms with Crippen LogP contribution in [0, 0.1) is 0 Å². The molecule has 2 saturated heterocycles. The fourth-order valence-electron chi connectivity index (χ4n) is 3.72. The van der Waals surface area contributed by atoms with Crippen molar-refractivity contribution in [1.29, 1.82) is 0 Å². The van der Waals surface area contributed by atoms with Gasteiger partial charge in [0, 0.05) is 45.3 Å². The molecule has 3 fully saturated rings. The Balaban J connectivity index is 1.52. The summed E-state index contributed by atoms with van der Waals surface area (Å²) in [6.07, 6.45) is 6.30. The molecule has 3 rings (SSSR count). The van der Waals surface area contributed by atoms with Crippen molar-refractivity contribution in [3.05, 3.63) is 0 Å². The summed E-state index contributed by atoms with van der Waals surface area (Å²) in [7, 11) is 0. The number of morpholine rings is 1. The van der Waals surface area contributed by atoms with Crippen molar-refractivity contribution in [2.75, 3.05) is 45.9 Å². The second kappa shape index (κ2) is 6.87. The van der Waals surface area contributed by atoms with Crippen molar-refractivity contribution in [2.45, 2.75) is 44.2 Å². The average molecular weight is 281 g/mol. The number of nitrogens with zero attached hydrogens (tertiary/aromatic N) is 2. The summed E-state index contributed by atoms with van der Waals surface area (Å²) in [5, 5.41) is 3.24. The fourth-order valence-corrected chi connectivity index (χ4v) is 3.72. The van der Waals surface area contributed by atoms with Crippen LogP contribution < -0.4 is 5.32 Å². The number of nitrogens with one attached hydrogen (secondary N) is 1. The highest BCUT2D eigenvalue weighted by Gasteiger charge is 2.30. The predicted octanol–water partition coefficient (Wildman–Crippen LogP) is 0.452. The average Bonchev–Trinajstić information content (AvgIpc) is 2.92. The summed E-state index contributed by atoms with van der Waals surface area (Å²) in [6.45, 7) is 6.13. The summed E-state index contributed by atoms with van der Waals surface area (Å²) in [6, 6.07) is 0.776. The molecule has 0 aromatic heterocycles. The standard InChI is InChI=1S/C15H27N3O2/c19-15(14-12-16-6-11-20-14)18-8-3-7-17(9-10-18)13-4-1-2-5-13/h13-14,16H,1-12H2/t14-/m1/s1. The second-order valence-corrected chi connectivity index (χ2v) is 6.22. The third kappa shape index (κ3) is 3.32. The molecule has 0 spiro atoms. The zero-order chi connectivity index (χ0) is 13.8. The first-order valence-electron chi connectivity index (χ1n) is 8.20. The highest BCUT2D eigenvalue weighted by molar-refractivity contribution is 5.81. The van der Waals surface area contributed by atoms with Crippen LogP contribution in [0.25, 0.3) is 0 Å². The lowest BCUT2D eigenvalue weighted by Crippen LogP contribution is -2.50. The molecule has 3 aliphatic rings. The lowest BCUT2D eigenvalue weighted by atomic mass is 10.2. The quantitative estimate of drug-likeness (QED) is 0.798. The zero-order valence-corrected chi connectivity index (χ0v) is 12.4. The van der Waals surface area contributed by atoms with Crippen LogP contribution in [0.15, 0.2) is 0 Å². The molecule has 5 nitrogen and oxygen atoms in total. The molecular weight excluding hydrogens is 254 g/mol. The fraction of sp³-hybridized carbons (Fsp3) is 0.933. The summed E-state index contributed by atoms with van der Waals surface area (Å²) in [5.41, 5.74) is 0. The van der Waals surface area contributed by atoms with Crippen LogP contribution >= 0.6 is 0 Å². The molecule has 0 bridgehead atoms. The molecule has 114 valence electrons. The van der Waals surface area contributed by atoms with Crippen molar-refractivity contribution >= 4 is 5.91 Å². The van der Waals surface area contributed by atoms with Crippen LogP contribution in [0.3, 0.4) is 0 Å². The van der Waals surface area contributed by atoms with Crippen molar-refractivity contribution < 1.29 is 9.53 Å². The first kappa shape index (κ1) is 14.3. The van der Waals surface area contributed by atoms with E-state index in [0.29, 0.717) is 13.2 Å². The molecule has 2 heterocycles. The highest BCUT2D eigenvalue weighted by atomic mass is 16.5. The molecule has 0 aromatic rings. The molecule has 1 saturated carbocycles. The van der Waals surface area contributed by atoms with E-state index in [2.05, 4.69) is 10.2 Å². The normalized spacial score (nSPS) is 30.4. The van der Waals surface area contributed by atoms with Crippen LogP contribution in [-0.2, 0) is 9.53 Å². The highest BCUT2D eigenvalue weighted by Crippen LogP contribution is 2.24. The summed E-state index contributed by atoms with van der Waals surface area (Å²) in [5.74, 6) is 0.186. The minimum absolute atomic E-state index is 0.186. The van der Waals surface area contributed by atoms with E-state index in [1.165, 1.54) is 25.7 Å². The van der Waals surface area contributed by atoms with E-state index in [0.717, 1.165) is 45.2 Å². The van der Waals surface area contributed by atoms with Crippen LogP contribution in [0.1, 0.15) is 32.1 Å². The van der Waals surface area contributed by atoms with Crippen LogP contribution in [-0.4, -0.2) is 73.7 Å². The first-order chi connectivity index (χ1) is 9.84. The Bertz CT molecular complexity index is 325. The molecule has 1 atom stereocenters. The van der Waals surface area contributed by atoms with Crippen LogP contribution in [0.2, 0.25) is 0 Å². The van der Waals surface area contributed by atoms with E-state index >= 15 is 0 Å². The van der Waals surface area contributed by atoms with E-state index in [1.54, 1.807) is 0 Å². The second-order valence-electron chi connectivity index (χ2n) is 6.22. The van der Waals surface area contributed by atoms with Crippen LogP contribution in [0.4, 0.5) is 0 Å². The summed E-state index contributed by atoms with van der Waals surface area (Å²) >= 11 is 0. The molecule has 0 unspecified atom stereocenters. The smallest absolute Gasteiger partial charge is 0.253 e. The predicted molar refractivity (Wildman–Crippen MR) is 77.6 cm³/mol. The van der Waals surface area contributed by atoms with E-state index in [1.807, 2.05) is 4.90 Å². The Kier molecular flexibility index (Phi) is 4.91.